The first-order chi connectivity index (χ1) is 10.7. The van der Waals surface area contributed by atoms with Crippen LogP contribution in [0, 0.1) is 0 Å². The van der Waals surface area contributed by atoms with Gasteiger partial charge >= 0.3 is 6.09 Å². The van der Waals surface area contributed by atoms with Crippen LogP contribution in [0.15, 0.2) is 21.2 Å². The highest BCUT2D eigenvalue weighted by molar-refractivity contribution is 9.10. The zero-order chi connectivity index (χ0) is 17.5. The van der Waals surface area contributed by atoms with E-state index < -0.39 is 11.7 Å². The van der Waals surface area contributed by atoms with E-state index in [9.17, 15) is 14.4 Å². The fraction of sp³-hybridized carbons (Fsp3) is 0.500. The Morgan fingerprint density at radius 2 is 1.78 bits per heavy atom. The molecule has 0 aliphatic carbocycles. The highest BCUT2D eigenvalue weighted by atomic mass is 79.9. The normalized spacial score (nSPS) is 10.8. The van der Waals surface area contributed by atoms with Crippen LogP contribution in [-0.2, 0) is 9.53 Å². The van der Waals surface area contributed by atoms with Crippen LogP contribution in [0.1, 0.15) is 31.3 Å². The van der Waals surface area contributed by atoms with Crippen molar-refractivity contribution in [3.63, 3.8) is 0 Å². The Morgan fingerprint density at radius 3 is 2.35 bits per heavy atom. The first-order valence-electron chi connectivity index (χ1n) is 6.94. The number of amides is 3. The van der Waals surface area contributed by atoms with E-state index in [1.165, 1.54) is 6.07 Å². The van der Waals surface area contributed by atoms with Crippen molar-refractivity contribution < 1.29 is 23.5 Å². The Labute approximate surface area is 142 Å². The van der Waals surface area contributed by atoms with Gasteiger partial charge in [-0.3, -0.25) is 9.59 Å². The lowest BCUT2D eigenvalue weighted by Crippen LogP contribution is -2.41. The van der Waals surface area contributed by atoms with Gasteiger partial charge in [-0.2, -0.15) is 0 Å². The molecule has 0 unspecified atom stereocenters. The lowest BCUT2D eigenvalue weighted by molar-refractivity contribution is -0.120. The van der Waals surface area contributed by atoms with Crippen LogP contribution >= 0.6 is 15.9 Å². The van der Waals surface area contributed by atoms with E-state index in [1.807, 2.05) is 0 Å². The van der Waals surface area contributed by atoms with Gasteiger partial charge in [0.1, 0.15) is 5.60 Å². The number of hydrogen-bond donors (Lipinski definition) is 3. The van der Waals surface area contributed by atoms with Crippen molar-refractivity contribution in [1.29, 1.82) is 0 Å². The summed E-state index contributed by atoms with van der Waals surface area (Å²) in [5.41, 5.74) is -0.619. The number of ether oxygens (including phenoxy) is 1. The van der Waals surface area contributed by atoms with Crippen LogP contribution in [-0.4, -0.2) is 43.1 Å². The predicted molar refractivity (Wildman–Crippen MR) is 86.0 cm³/mol. The molecular formula is C14H20BrN3O5. The maximum atomic E-state index is 11.6. The molecule has 128 valence electrons. The molecule has 8 nitrogen and oxygen atoms in total. The highest BCUT2D eigenvalue weighted by Crippen LogP contribution is 2.13. The van der Waals surface area contributed by atoms with Gasteiger partial charge in [0.2, 0.25) is 5.91 Å². The van der Waals surface area contributed by atoms with Crippen molar-refractivity contribution >= 4 is 33.8 Å². The number of furan rings is 1. The Kier molecular flexibility index (Phi) is 7.08. The molecule has 0 spiro atoms. The van der Waals surface area contributed by atoms with Crippen molar-refractivity contribution in [2.24, 2.45) is 0 Å². The molecule has 0 saturated carbocycles. The van der Waals surface area contributed by atoms with E-state index in [0.29, 0.717) is 4.67 Å². The van der Waals surface area contributed by atoms with E-state index in [0.717, 1.165) is 0 Å². The Bertz CT molecular complexity index is 565. The molecule has 0 aliphatic rings. The van der Waals surface area contributed by atoms with Gasteiger partial charge in [0, 0.05) is 13.1 Å². The average molecular weight is 390 g/mol. The molecule has 1 aromatic heterocycles. The third kappa shape index (κ3) is 8.24. The number of carbonyl (C=O) groups is 3. The van der Waals surface area contributed by atoms with Gasteiger partial charge in [-0.15, -0.1) is 0 Å². The van der Waals surface area contributed by atoms with E-state index in [1.54, 1.807) is 26.8 Å². The molecule has 1 heterocycles. The summed E-state index contributed by atoms with van der Waals surface area (Å²) in [6.07, 6.45) is -0.663. The second-order valence-corrected chi connectivity index (χ2v) is 6.35. The van der Waals surface area contributed by atoms with Gasteiger partial charge in [0.05, 0.1) is 6.54 Å². The zero-order valence-corrected chi connectivity index (χ0v) is 14.8. The summed E-state index contributed by atoms with van der Waals surface area (Å²) < 4.78 is 10.5. The Hall–Kier alpha value is -2.03. The quantitative estimate of drug-likeness (QED) is 0.637. The number of alkyl carbamates (subject to hydrolysis) is 1. The topological polar surface area (TPSA) is 110 Å². The van der Waals surface area contributed by atoms with Gasteiger partial charge in [-0.05, 0) is 48.8 Å². The van der Waals surface area contributed by atoms with Crippen LogP contribution in [0.25, 0.3) is 0 Å². The average Bonchev–Trinajstić information content (AvgIpc) is 2.86. The minimum atomic E-state index is -0.663. The van der Waals surface area contributed by atoms with Crippen LogP contribution in [0.5, 0.6) is 0 Å². The lowest BCUT2D eigenvalue weighted by Gasteiger charge is -2.19. The molecule has 3 N–H and O–H groups in total. The molecular weight excluding hydrogens is 370 g/mol. The monoisotopic (exact) mass is 389 g/mol. The summed E-state index contributed by atoms with van der Waals surface area (Å²) >= 11 is 3.10. The SMILES string of the molecule is CC(C)(C)OC(=O)NCC(=O)NCCNC(=O)c1ccc(Br)o1. The molecule has 0 bridgehead atoms. The van der Waals surface area contributed by atoms with Gasteiger partial charge < -0.3 is 25.1 Å². The molecule has 1 rings (SSSR count). The molecule has 3 amide bonds. The number of nitrogens with one attached hydrogen (secondary N) is 3. The number of halogens is 1. The summed E-state index contributed by atoms with van der Waals surface area (Å²) in [5.74, 6) is -0.586. The van der Waals surface area contributed by atoms with Gasteiger partial charge in [0.15, 0.2) is 10.4 Å². The fourth-order valence-electron chi connectivity index (χ4n) is 1.43. The summed E-state index contributed by atoms with van der Waals surface area (Å²) in [5, 5.41) is 7.47. The second kappa shape index (κ2) is 8.56. The first-order valence-corrected chi connectivity index (χ1v) is 7.74. The van der Waals surface area contributed by atoms with Crippen LogP contribution in [0.4, 0.5) is 4.79 Å². The molecule has 0 aliphatic heterocycles. The Morgan fingerprint density at radius 1 is 1.13 bits per heavy atom. The van der Waals surface area contributed by atoms with Crippen molar-refractivity contribution in [2.75, 3.05) is 19.6 Å². The number of rotatable bonds is 6. The van der Waals surface area contributed by atoms with E-state index in [2.05, 4.69) is 31.9 Å². The largest absolute Gasteiger partial charge is 0.444 e. The third-order valence-corrected chi connectivity index (χ3v) is 2.75. The third-order valence-electron chi connectivity index (χ3n) is 2.32. The van der Waals surface area contributed by atoms with Crippen LogP contribution < -0.4 is 16.0 Å². The smallest absolute Gasteiger partial charge is 0.408 e. The van der Waals surface area contributed by atoms with Gasteiger partial charge in [-0.25, -0.2) is 4.79 Å². The minimum absolute atomic E-state index is 0.176. The van der Waals surface area contributed by atoms with Gasteiger partial charge in [-0.1, -0.05) is 0 Å². The van der Waals surface area contributed by atoms with Crippen LogP contribution in [0.3, 0.4) is 0 Å². The second-order valence-electron chi connectivity index (χ2n) is 5.57. The van der Waals surface area contributed by atoms with E-state index in [-0.39, 0.29) is 37.2 Å². The molecule has 23 heavy (non-hydrogen) atoms. The maximum absolute atomic E-state index is 11.6. The maximum Gasteiger partial charge on any atom is 0.408 e. The molecule has 0 aromatic carbocycles. The summed E-state index contributed by atoms with van der Waals surface area (Å²) in [6.45, 7) is 5.44. The van der Waals surface area contributed by atoms with Gasteiger partial charge in [0.25, 0.3) is 5.91 Å². The highest BCUT2D eigenvalue weighted by Gasteiger charge is 2.16. The van der Waals surface area contributed by atoms with Crippen molar-refractivity contribution in [3.8, 4) is 0 Å². The zero-order valence-electron chi connectivity index (χ0n) is 13.2. The van der Waals surface area contributed by atoms with Crippen LogP contribution in [0.2, 0.25) is 0 Å². The summed E-state index contributed by atoms with van der Waals surface area (Å²) in [7, 11) is 0. The predicted octanol–water partition coefficient (Wildman–Crippen LogP) is 1.41. The molecule has 9 heteroatoms. The van der Waals surface area contributed by atoms with E-state index in [4.69, 9.17) is 9.15 Å². The summed E-state index contributed by atoms with van der Waals surface area (Å²) in [6, 6.07) is 3.14. The molecule has 0 radical (unpaired) electrons. The first kappa shape index (κ1) is 19.0. The van der Waals surface area contributed by atoms with Crippen molar-refractivity contribution in [1.82, 2.24) is 16.0 Å². The molecule has 1 aromatic rings. The minimum Gasteiger partial charge on any atom is -0.444 e. The fourth-order valence-corrected chi connectivity index (χ4v) is 1.74. The number of hydrogen-bond acceptors (Lipinski definition) is 5. The van der Waals surface area contributed by atoms with Crippen molar-refractivity contribution in [3.05, 3.63) is 22.6 Å². The van der Waals surface area contributed by atoms with E-state index >= 15 is 0 Å². The van der Waals surface area contributed by atoms with Crippen molar-refractivity contribution in [2.45, 2.75) is 26.4 Å². The summed E-state index contributed by atoms with van der Waals surface area (Å²) in [4.78, 5) is 34.5. The molecule has 0 saturated heterocycles. The Balaban J connectivity index is 2.14. The standard InChI is InChI=1S/C14H20BrN3O5/c1-14(2,3)23-13(21)18-8-11(19)16-6-7-17-12(20)9-4-5-10(15)22-9/h4-5H,6-8H2,1-3H3,(H,16,19)(H,17,20)(H,18,21). The lowest BCUT2D eigenvalue weighted by atomic mass is 10.2. The molecule has 0 atom stereocenters. The molecule has 0 fully saturated rings. The number of carbonyl (C=O) groups excluding carboxylic acids is 3.